The number of guanidine groups is 1. The monoisotopic (exact) mass is 277 g/mol. The predicted molar refractivity (Wildman–Crippen MR) is 79.3 cm³/mol. The van der Waals surface area contributed by atoms with Crippen LogP contribution in [0.4, 0.5) is 0 Å². The highest BCUT2D eigenvalue weighted by atomic mass is 35.5. The number of nitrogens with two attached hydrogens (primary N) is 1. The van der Waals surface area contributed by atoms with Gasteiger partial charge in [-0.3, -0.25) is 4.99 Å². The lowest BCUT2D eigenvalue weighted by atomic mass is 9.83. The second-order valence-electron chi connectivity index (χ2n) is 5.84. The van der Waals surface area contributed by atoms with Crippen molar-refractivity contribution >= 4 is 17.6 Å². The van der Waals surface area contributed by atoms with Gasteiger partial charge in [-0.15, -0.1) is 0 Å². The first-order valence-electron chi connectivity index (χ1n) is 6.91. The lowest BCUT2D eigenvalue weighted by Crippen LogP contribution is -2.54. The summed E-state index contributed by atoms with van der Waals surface area (Å²) >= 11 is 6.02. The van der Waals surface area contributed by atoms with Crippen LogP contribution < -0.4 is 5.73 Å². The molecule has 1 saturated carbocycles. The van der Waals surface area contributed by atoms with Gasteiger partial charge in [-0.1, -0.05) is 23.7 Å². The Balaban J connectivity index is 2.07. The van der Waals surface area contributed by atoms with Crippen molar-refractivity contribution in [1.29, 1.82) is 0 Å². The molecule has 2 aliphatic rings. The summed E-state index contributed by atoms with van der Waals surface area (Å²) in [6, 6.07) is 8.54. The van der Waals surface area contributed by atoms with Crippen molar-refractivity contribution in [3.8, 4) is 0 Å². The Labute approximate surface area is 119 Å². The molecular weight excluding hydrogens is 258 g/mol. The fourth-order valence-electron chi connectivity index (χ4n) is 3.37. The van der Waals surface area contributed by atoms with Crippen molar-refractivity contribution in [1.82, 2.24) is 4.90 Å². The molecule has 1 aromatic carbocycles. The van der Waals surface area contributed by atoms with Crippen LogP contribution in [0.25, 0.3) is 0 Å². The van der Waals surface area contributed by atoms with Crippen LogP contribution in [0.2, 0.25) is 5.02 Å². The summed E-state index contributed by atoms with van der Waals surface area (Å²) in [4.78, 5) is 6.84. The molecule has 19 heavy (non-hydrogen) atoms. The third-order valence-corrected chi connectivity index (χ3v) is 4.52. The first kappa shape index (κ1) is 12.8. The number of hydrogen-bond donors (Lipinski definition) is 1. The zero-order valence-corrected chi connectivity index (χ0v) is 12.2. The fourth-order valence-corrected chi connectivity index (χ4v) is 3.50. The van der Waals surface area contributed by atoms with Crippen molar-refractivity contribution in [2.75, 3.05) is 6.54 Å². The molecule has 1 unspecified atom stereocenters. The Morgan fingerprint density at radius 3 is 2.47 bits per heavy atom. The molecule has 1 aromatic rings. The van der Waals surface area contributed by atoms with E-state index in [2.05, 4.69) is 35.9 Å². The zero-order chi connectivity index (χ0) is 13.6. The van der Waals surface area contributed by atoms with Crippen LogP contribution in [0, 0.1) is 5.92 Å². The van der Waals surface area contributed by atoms with Gasteiger partial charge in [0.15, 0.2) is 5.96 Å². The van der Waals surface area contributed by atoms with Crippen LogP contribution in [0.15, 0.2) is 29.3 Å². The summed E-state index contributed by atoms with van der Waals surface area (Å²) in [5.41, 5.74) is 7.37. The normalized spacial score (nSPS) is 26.9. The van der Waals surface area contributed by atoms with Gasteiger partial charge in [-0.05, 0) is 50.3 Å². The number of rotatable bonds is 3. The van der Waals surface area contributed by atoms with E-state index in [9.17, 15) is 0 Å². The Bertz CT molecular complexity index is 505. The molecule has 102 valence electrons. The molecule has 0 amide bonds. The number of halogens is 1. The number of hydrogen-bond acceptors (Lipinski definition) is 3. The van der Waals surface area contributed by atoms with Gasteiger partial charge in [0, 0.05) is 11.1 Å². The second-order valence-corrected chi connectivity index (χ2v) is 6.28. The summed E-state index contributed by atoms with van der Waals surface area (Å²) in [5, 5.41) is 0.776. The number of aliphatic imine (C=N–C) groups is 1. The molecule has 2 N–H and O–H groups in total. The Morgan fingerprint density at radius 2 is 1.95 bits per heavy atom. The minimum Gasteiger partial charge on any atom is -0.370 e. The first-order chi connectivity index (χ1) is 9.05. The summed E-state index contributed by atoms with van der Waals surface area (Å²) in [6.45, 7) is 5.13. The molecule has 0 spiro atoms. The maximum absolute atomic E-state index is 6.14. The predicted octanol–water partition coefficient (Wildman–Crippen LogP) is 2.98. The third kappa shape index (κ3) is 1.91. The van der Waals surface area contributed by atoms with E-state index in [-0.39, 0.29) is 5.54 Å². The van der Waals surface area contributed by atoms with Gasteiger partial charge >= 0.3 is 0 Å². The lowest BCUT2D eigenvalue weighted by Gasteiger charge is -2.43. The molecule has 3 nitrogen and oxygen atoms in total. The van der Waals surface area contributed by atoms with Crippen LogP contribution in [-0.2, 0) is 5.54 Å². The molecule has 0 saturated heterocycles. The topological polar surface area (TPSA) is 41.6 Å². The zero-order valence-electron chi connectivity index (χ0n) is 11.4. The third-order valence-electron chi connectivity index (χ3n) is 4.27. The van der Waals surface area contributed by atoms with Crippen LogP contribution in [0.5, 0.6) is 0 Å². The molecule has 3 rings (SSSR count). The standard InChI is InChI=1S/C15H20ClN3/c1-10(2)19-14(17)18-9-15(19,11-3-4-11)12-5-7-13(16)8-6-12/h5-8,10-11H,3-4,9H2,1-2H3,(H2,17,18). The largest absolute Gasteiger partial charge is 0.370 e. The van der Waals surface area contributed by atoms with E-state index in [1.807, 2.05) is 12.1 Å². The van der Waals surface area contributed by atoms with Gasteiger partial charge in [0.2, 0.25) is 0 Å². The Morgan fingerprint density at radius 1 is 1.32 bits per heavy atom. The molecule has 1 fully saturated rings. The van der Waals surface area contributed by atoms with E-state index in [4.69, 9.17) is 17.3 Å². The van der Waals surface area contributed by atoms with Gasteiger partial charge < -0.3 is 10.6 Å². The van der Waals surface area contributed by atoms with E-state index in [1.54, 1.807) is 0 Å². The molecular formula is C15H20ClN3. The highest BCUT2D eigenvalue weighted by molar-refractivity contribution is 6.30. The second kappa shape index (κ2) is 4.41. The summed E-state index contributed by atoms with van der Waals surface area (Å²) < 4.78 is 0. The van der Waals surface area contributed by atoms with Gasteiger partial charge in [0.25, 0.3) is 0 Å². The SMILES string of the molecule is CC(C)N1C(N)=NCC1(c1ccc(Cl)cc1)C1CC1. The minimum atomic E-state index is -0.0527. The molecule has 0 aromatic heterocycles. The van der Waals surface area contributed by atoms with Crippen LogP contribution in [-0.4, -0.2) is 23.4 Å². The van der Waals surface area contributed by atoms with Gasteiger partial charge in [-0.2, -0.15) is 0 Å². The highest BCUT2D eigenvalue weighted by Crippen LogP contribution is 2.52. The van der Waals surface area contributed by atoms with E-state index >= 15 is 0 Å². The number of nitrogens with zero attached hydrogens (tertiary/aromatic N) is 2. The summed E-state index contributed by atoms with van der Waals surface area (Å²) in [5.74, 6) is 1.33. The summed E-state index contributed by atoms with van der Waals surface area (Å²) in [6.07, 6.45) is 2.52. The highest BCUT2D eigenvalue weighted by Gasteiger charge is 2.54. The first-order valence-corrected chi connectivity index (χ1v) is 7.29. The maximum Gasteiger partial charge on any atom is 0.192 e. The van der Waals surface area contributed by atoms with E-state index in [1.165, 1.54) is 18.4 Å². The molecule has 1 aliphatic heterocycles. The molecule has 0 bridgehead atoms. The average Bonchev–Trinajstić information content (AvgIpc) is 3.15. The van der Waals surface area contributed by atoms with Crippen molar-refractivity contribution in [3.63, 3.8) is 0 Å². The van der Waals surface area contributed by atoms with Crippen LogP contribution >= 0.6 is 11.6 Å². The van der Waals surface area contributed by atoms with E-state index in [0.717, 1.165) is 11.6 Å². The molecule has 1 atom stereocenters. The quantitative estimate of drug-likeness (QED) is 0.923. The minimum absolute atomic E-state index is 0.0527. The van der Waals surface area contributed by atoms with Crippen LogP contribution in [0.1, 0.15) is 32.3 Å². The van der Waals surface area contributed by atoms with Gasteiger partial charge in [0.05, 0.1) is 12.1 Å². The molecule has 1 aliphatic carbocycles. The van der Waals surface area contributed by atoms with E-state index in [0.29, 0.717) is 17.9 Å². The Kier molecular flexibility index (Phi) is 2.97. The molecule has 0 radical (unpaired) electrons. The Hall–Kier alpha value is -1.22. The maximum atomic E-state index is 6.14. The van der Waals surface area contributed by atoms with E-state index < -0.39 is 0 Å². The summed E-state index contributed by atoms with van der Waals surface area (Å²) in [7, 11) is 0. The van der Waals surface area contributed by atoms with Gasteiger partial charge in [-0.25, -0.2) is 0 Å². The smallest absolute Gasteiger partial charge is 0.192 e. The van der Waals surface area contributed by atoms with Crippen molar-refractivity contribution in [2.24, 2.45) is 16.6 Å². The van der Waals surface area contributed by atoms with Crippen molar-refractivity contribution < 1.29 is 0 Å². The fraction of sp³-hybridized carbons (Fsp3) is 0.533. The molecule has 1 heterocycles. The van der Waals surface area contributed by atoms with Crippen molar-refractivity contribution in [2.45, 2.75) is 38.3 Å². The lowest BCUT2D eigenvalue weighted by molar-refractivity contribution is 0.137. The molecule has 4 heteroatoms. The number of benzene rings is 1. The van der Waals surface area contributed by atoms with Crippen LogP contribution in [0.3, 0.4) is 0 Å². The van der Waals surface area contributed by atoms with Gasteiger partial charge in [0.1, 0.15) is 0 Å². The average molecular weight is 278 g/mol. The van der Waals surface area contributed by atoms with Crippen molar-refractivity contribution in [3.05, 3.63) is 34.9 Å².